The molecule has 88 valence electrons. The molecule has 15 heavy (non-hydrogen) atoms. The van der Waals surface area contributed by atoms with E-state index in [0.29, 0.717) is 0 Å². The van der Waals surface area contributed by atoms with Gasteiger partial charge in [0.05, 0.1) is 6.10 Å². The third-order valence-electron chi connectivity index (χ3n) is 2.59. The predicted octanol–water partition coefficient (Wildman–Crippen LogP) is 0.670. The first-order valence-electron chi connectivity index (χ1n) is 5.88. The van der Waals surface area contributed by atoms with E-state index < -0.39 is 0 Å². The van der Waals surface area contributed by atoms with Gasteiger partial charge in [0.15, 0.2) is 0 Å². The minimum absolute atomic E-state index is 0.0120. The Morgan fingerprint density at radius 1 is 1.53 bits per heavy atom. The van der Waals surface area contributed by atoms with Crippen LogP contribution >= 0.6 is 0 Å². The zero-order chi connectivity index (χ0) is 11.1. The maximum atomic E-state index is 11.5. The van der Waals surface area contributed by atoms with Crippen molar-refractivity contribution < 1.29 is 9.53 Å². The lowest BCUT2D eigenvalue weighted by Crippen LogP contribution is -2.51. The molecular weight excluding hydrogens is 192 g/mol. The molecule has 0 bridgehead atoms. The molecule has 2 N–H and O–H groups in total. The number of nitrogens with one attached hydrogen (secondary N) is 2. The van der Waals surface area contributed by atoms with E-state index in [9.17, 15) is 4.79 Å². The van der Waals surface area contributed by atoms with E-state index in [-0.39, 0.29) is 18.1 Å². The lowest BCUT2D eigenvalue weighted by atomic mass is 10.2. The van der Waals surface area contributed by atoms with E-state index in [2.05, 4.69) is 17.6 Å². The van der Waals surface area contributed by atoms with Crippen LogP contribution in [0.3, 0.4) is 0 Å². The Hall–Kier alpha value is -0.610. The molecule has 1 atom stereocenters. The summed E-state index contributed by atoms with van der Waals surface area (Å²) >= 11 is 0. The van der Waals surface area contributed by atoms with E-state index in [1.165, 1.54) is 12.8 Å². The van der Waals surface area contributed by atoms with E-state index in [1.54, 1.807) is 0 Å². The summed E-state index contributed by atoms with van der Waals surface area (Å²) in [5.74, 6) is 0.0120. The highest BCUT2D eigenvalue weighted by molar-refractivity contribution is 5.80. The highest BCUT2D eigenvalue weighted by Crippen LogP contribution is 2.03. The summed E-state index contributed by atoms with van der Waals surface area (Å²) in [6.07, 6.45) is 3.30. The number of unbranched alkanes of at least 4 members (excludes halogenated alkanes) is 2. The van der Waals surface area contributed by atoms with E-state index in [0.717, 1.165) is 26.1 Å². The number of carbonyl (C=O) groups is 1. The molecule has 1 saturated heterocycles. The van der Waals surface area contributed by atoms with Gasteiger partial charge in [0.25, 0.3) is 0 Å². The van der Waals surface area contributed by atoms with Gasteiger partial charge in [0.1, 0.15) is 6.10 Å². The van der Waals surface area contributed by atoms with E-state index in [1.807, 2.05) is 6.92 Å². The largest absolute Gasteiger partial charge is 0.363 e. The number of carbonyl (C=O) groups excluding carboxylic acids is 1. The molecule has 1 aliphatic rings. The smallest absolute Gasteiger partial charge is 0.248 e. The summed E-state index contributed by atoms with van der Waals surface area (Å²) in [5.41, 5.74) is 0. The summed E-state index contributed by atoms with van der Waals surface area (Å²) in [7, 11) is 0. The first kappa shape index (κ1) is 12.5. The molecule has 1 amide bonds. The Morgan fingerprint density at radius 3 is 2.80 bits per heavy atom. The van der Waals surface area contributed by atoms with E-state index >= 15 is 0 Å². The lowest BCUT2D eigenvalue weighted by Gasteiger charge is -2.29. The molecule has 4 heteroatoms. The van der Waals surface area contributed by atoms with Crippen LogP contribution in [0.5, 0.6) is 0 Å². The van der Waals surface area contributed by atoms with Gasteiger partial charge in [-0.1, -0.05) is 19.8 Å². The average Bonchev–Trinajstić information content (AvgIpc) is 2.17. The molecule has 0 aromatic rings. The average molecular weight is 214 g/mol. The highest BCUT2D eigenvalue weighted by atomic mass is 16.5. The fraction of sp³-hybridized carbons (Fsp3) is 0.909. The number of amides is 1. The third kappa shape index (κ3) is 4.62. The van der Waals surface area contributed by atoms with Crippen molar-refractivity contribution in [3.05, 3.63) is 0 Å². The molecule has 1 rings (SSSR count). The monoisotopic (exact) mass is 214 g/mol. The van der Waals surface area contributed by atoms with Crippen LogP contribution in [-0.2, 0) is 9.53 Å². The molecule has 1 fully saturated rings. The Balaban J connectivity index is 2.04. The SMILES string of the molecule is CCCCCNC(=O)C(C)OC1CNC1. The minimum atomic E-state index is -0.321. The molecule has 4 nitrogen and oxygen atoms in total. The maximum Gasteiger partial charge on any atom is 0.248 e. The summed E-state index contributed by atoms with van der Waals surface area (Å²) in [6.45, 7) is 6.47. The Labute approximate surface area is 91.8 Å². The fourth-order valence-corrected chi connectivity index (χ4v) is 1.44. The normalized spacial score (nSPS) is 18.3. The van der Waals surface area contributed by atoms with Crippen LogP contribution in [0.15, 0.2) is 0 Å². The van der Waals surface area contributed by atoms with Gasteiger partial charge < -0.3 is 15.4 Å². The number of ether oxygens (including phenoxy) is 1. The van der Waals surface area contributed by atoms with Crippen molar-refractivity contribution in [1.29, 1.82) is 0 Å². The summed E-state index contributed by atoms with van der Waals surface area (Å²) in [6, 6.07) is 0. The molecule has 1 heterocycles. The fourth-order valence-electron chi connectivity index (χ4n) is 1.44. The summed E-state index contributed by atoms with van der Waals surface area (Å²) in [4.78, 5) is 11.5. The van der Waals surface area contributed by atoms with Crippen molar-refractivity contribution in [1.82, 2.24) is 10.6 Å². The molecule has 0 spiro atoms. The van der Waals surface area contributed by atoms with Gasteiger partial charge in [0, 0.05) is 19.6 Å². The van der Waals surface area contributed by atoms with Crippen molar-refractivity contribution in [2.75, 3.05) is 19.6 Å². The van der Waals surface area contributed by atoms with Crippen LogP contribution in [0.4, 0.5) is 0 Å². The molecule has 0 radical (unpaired) electrons. The maximum absolute atomic E-state index is 11.5. The lowest BCUT2D eigenvalue weighted by molar-refractivity contribution is -0.137. The Morgan fingerprint density at radius 2 is 2.27 bits per heavy atom. The standard InChI is InChI=1S/C11H22N2O2/c1-3-4-5-6-13-11(14)9(2)15-10-7-12-8-10/h9-10,12H,3-8H2,1-2H3,(H,13,14). The van der Waals surface area contributed by atoms with Gasteiger partial charge in [-0.3, -0.25) is 4.79 Å². The molecule has 1 unspecified atom stereocenters. The quantitative estimate of drug-likeness (QED) is 0.612. The molecule has 0 aromatic carbocycles. The van der Waals surface area contributed by atoms with Crippen LogP contribution in [-0.4, -0.2) is 37.7 Å². The van der Waals surface area contributed by atoms with Crippen molar-refractivity contribution in [3.8, 4) is 0 Å². The first-order chi connectivity index (χ1) is 7.24. The van der Waals surface area contributed by atoms with Crippen LogP contribution in [0, 0.1) is 0 Å². The van der Waals surface area contributed by atoms with Crippen LogP contribution in [0.1, 0.15) is 33.1 Å². The Kier molecular flexibility index (Phi) is 5.65. The molecule has 0 saturated carbocycles. The van der Waals surface area contributed by atoms with Gasteiger partial charge in [-0.25, -0.2) is 0 Å². The van der Waals surface area contributed by atoms with Crippen LogP contribution in [0.25, 0.3) is 0 Å². The summed E-state index contributed by atoms with van der Waals surface area (Å²) < 4.78 is 5.53. The van der Waals surface area contributed by atoms with Crippen molar-refractivity contribution in [2.45, 2.75) is 45.3 Å². The predicted molar refractivity (Wildman–Crippen MR) is 59.7 cm³/mol. The second-order valence-corrected chi connectivity index (χ2v) is 4.06. The number of rotatable bonds is 7. The van der Waals surface area contributed by atoms with Gasteiger partial charge in [-0.15, -0.1) is 0 Å². The van der Waals surface area contributed by atoms with Gasteiger partial charge >= 0.3 is 0 Å². The zero-order valence-electron chi connectivity index (χ0n) is 9.71. The van der Waals surface area contributed by atoms with Gasteiger partial charge in [0.2, 0.25) is 5.91 Å². The van der Waals surface area contributed by atoms with Gasteiger partial charge in [-0.05, 0) is 13.3 Å². The number of hydrogen-bond acceptors (Lipinski definition) is 3. The zero-order valence-corrected chi connectivity index (χ0v) is 9.71. The summed E-state index contributed by atoms with van der Waals surface area (Å²) in [5, 5.41) is 6.00. The minimum Gasteiger partial charge on any atom is -0.363 e. The topological polar surface area (TPSA) is 50.4 Å². The van der Waals surface area contributed by atoms with Crippen molar-refractivity contribution in [2.24, 2.45) is 0 Å². The third-order valence-corrected chi connectivity index (χ3v) is 2.59. The van der Waals surface area contributed by atoms with Gasteiger partial charge in [-0.2, -0.15) is 0 Å². The van der Waals surface area contributed by atoms with Crippen molar-refractivity contribution >= 4 is 5.91 Å². The molecular formula is C11H22N2O2. The van der Waals surface area contributed by atoms with Crippen LogP contribution in [0.2, 0.25) is 0 Å². The Bertz CT molecular complexity index is 193. The second kappa shape index (κ2) is 6.80. The molecule has 1 aliphatic heterocycles. The highest BCUT2D eigenvalue weighted by Gasteiger charge is 2.23. The number of hydrogen-bond donors (Lipinski definition) is 2. The second-order valence-electron chi connectivity index (χ2n) is 4.06. The molecule has 0 aromatic heterocycles. The molecule has 0 aliphatic carbocycles. The van der Waals surface area contributed by atoms with Crippen molar-refractivity contribution in [3.63, 3.8) is 0 Å². The first-order valence-corrected chi connectivity index (χ1v) is 5.88. The van der Waals surface area contributed by atoms with Crippen LogP contribution < -0.4 is 10.6 Å². The van der Waals surface area contributed by atoms with E-state index in [4.69, 9.17) is 4.74 Å².